The van der Waals surface area contributed by atoms with Gasteiger partial charge in [-0.1, -0.05) is 45.7 Å². The predicted molar refractivity (Wildman–Crippen MR) is 88.9 cm³/mol. The Bertz CT molecular complexity index is 807. The predicted octanol–water partition coefficient (Wildman–Crippen LogP) is 4.90. The number of rotatable bonds is 3. The molecule has 0 unspecified atom stereocenters. The molecule has 1 aromatic heterocycles. The van der Waals surface area contributed by atoms with E-state index in [0.29, 0.717) is 23.2 Å². The number of pyridine rings is 1. The molecule has 3 aromatic rings. The molecule has 0 bridgehead atoms. The van der Waals surface area contributed by atoms with Gasteiger partial charge < -0.3 is 10.5 Å². The maximum absolute atomic E-state index is 6.18. The molecule has 0 atom stereocenters. The number of halogens is 2. The van der Waals surface area contributed by atoms with E-state index >= 15 is 0 Å². The SMILES string of the molecule is NCc1cc2ccccc2nc1Oc1ccc(Br)cc1Cl. The maximum atomic E-state index is 6.18. The van der Waals surface area contributed by atoms with Gasteiger partial charge in [-0.25, -0.2) is 4.98 Å². The second-order valence-corrected chi connectivity index (χ2v) is 5.85. The summed E-state index contributed by atoms with van der Waals surface area (Å²) in [5, 5.41) is 1.55. The average molecular weight is 364 g/mol. The van der Waals surface area contributed by atoms with E-state index < -0.39 is 0 Å². The summed E-state index contributed by atoms with van der Waals surface area (Å²) in [6.07, 6.45) is 0. The third kappa shape index (κ3) is 3.02. The molecule has 1 heterocycles. The smallest absolute Gasteiger partial charge is 0.224 e. The molecular weight excluding hydrogens is 352 g/mol. The minimum atomic E-state index is 0.349. The summed E-state index contributed by atoms with van der Waals surface area (Å²) in [5.41, 5.74) is 7.50. The van der Waals surface area contributed by atoms with Gasteiger partial charge >= 0.3 is 0 Å². The van der Waals surface area contributed by atoms with Crippen molar-refractivity contribution in [2.24, 2.45) is 5.73 Å². The summed E-state index contributed by atoms with van der Waals surface area (Å²) in [5.74, 6) is 1.04. The van der Waals surface area contributed by atoms with Crippen molar-refractivity contribution in [1.82, 2.24) is 4.98 Å². The number of hydrogen-bond donors (Lipinski definition) is 1. The van der Waals surface area contributed by atoms with Gasteiger partial charge in [0.15, 0.2) is 0 Å². The van der Waals surface area contributed by atoms with E-state index in [9.17, 15) is 0 Å². The monoisotopic (exact) mass is 362 g/mol. The van der Waals surface area contributed by atoms with Crippen LogP contribution in [0.25, 0.3) is 10.9 Å². The molecule has 0 aliphatic heterocycles. The fourth-order valence-corrected chi connectivity index (χ4v) is 2.75. The molecule has 0 aliphatic rings. The van der Waals surface area contributed by atoms with E-state index in [0.717, 1.165) is 20.9 Å². The number of fused-ring (bicyclic) bond motifs is 1. The van der Waals surface area contributed by atoms with Crippen LogP contribution in [0.4, 0.5) is 0 Å². The Balaban J connectivity index is 2.06. The maximum Gasteiger partial charge on any atom is 0.224 e. The highest BCUT2D eigenvalue weighted by Gasteiger charge is 2.10. The third-order valence-electron chi connectivity index (χ3n) is 3.08. The van der Waals surface area contributed by atoms with Crippen LogP contribution in [0.2, 0.25) is 5.02 Å². The topological polar surface area (TPSA) is 48.1 Å². The molecule has 21 heavy (non-hydrogen) atoms. The summed E-state index contributed by atoms with van der Waals surface area (Å²) in [4.78, 5) is 4.53. The van der Waals surface area contributed by atoms with Crippen molar-refractivity contribution in [3.63, 3.8) is 0 Å². The number of nitrogens with two attached hydrogens (primary N) is 1. The fourth-order valence-electron chi connectivity index (χ4n) is 2.04. The molecule has 2 aromatic carbocycles. The van der Waals surface area contributed by atoms with E-state index in [1.165, 1.54) is 0 Å². The van der Waals surface area contributed by atoms with Crippen molar-refractivity contribution >= 4 is 38.4 Å². The number of nitrogens with zero attached hydrogens (tertiary/aromatic N) is 1. The standard InChI is InChI=1S/C16H12BrClN2O/c17-12-5-6-15(13(18)8-12)21-16-11(9-19)7-10-3-1-2-4-14(10)20-16/h1-8H,9,19H2. The Kier molecular flexibility index (Phi) is 4.10. The van der Waals surface area contributed by atoms with Crippen LogP contribution in [0.5, 0.6) is 11.6 Å². The Hall–Kier alpha value is -1.62. The van der Waals surface area contributed by atoms with Gasteiger partial charge in [-0.05, 0) is 30.3 Å². The fraction of sp³-hybridized carbons (Fsp3) is 0.0625. The largest absolute Gasteiger partial charge is 0.437 e. The van der Waals surface area contributed by atoms with Crippen LogP contribution in [-0.2, 0) is 6.54 Å². The first kappa shape index (κ1) is 14.3. The van der Waals surface area contributed by atoms with E-state index in [-0.39, 0.29) is 0 Å². The number of benzene rings is 2. The van der Waals surface area contributed by atoms with Gasteiger partial charge in [0, 0.05) is 22.0 Å². The van der Waals surface area contributed by atoms with Crippen molar-refractivity contribution in [2.45, 2.75) is 6.54 Å². The zero-order chi connectivity index (χ0) is 14.8. The highest BCUT2D eigenvalue weighted by atomic mass is 79.9. The highest BCUT2D eigenvalue weighted by Crippen LogP contribution is 2.33. The molecule has 0 saturated heterocycles. The van der Waals surface area contributed by atoms with E-state index in [1.54, 1.807) is 12.1 Å². The summed E-state index contributed by atoms with van der Waals surface area (Å²) >= 11 is 9.55. The second kappa shape index (κ2) is 6.02. The molecule has 3 nitrogen and oxygen atoms in total. The Morgan fingerprint density at radius 1 is 1.14 bits per heavy atom. The lowest BCUT2D eigenvalue weighted by molar-refractivity contribution is 0.459. The Morgan fingerprint density at radius 3 is 2.71 bits per heavy atom. The molecule has 0 saturated carbocycles. The van der Waals surface area contributed by atoms with Gasteiger partial charge in [-0.15, -0.1) is 0 Å². The van der Waals surface area contributed by atoms with Crippen LogP contribution in [-0.4, -0.2) is 4.98 Å². The van der Waals surface area contributed by atoms with Gasteiger partial charge in [0.05, 0.1) is 10.5 Å². The third-order valence-corrected chi connectivity index (χ3v) is 3.87. The molecular formula is C16H12BrClN2O. The Labute approximate surface area is 135 Å². The first-order chi connectivity index (χ1) is 10.2. The zero-order valence-corrected chi connectivity index (χ0v) is 13.4. The quantitative estimate of drug-likeness (QED) is 0.720. The molecule has 0 radical (unpaired) electrons. The average Bonchev–Trinajstić information content (AvgIpc) is 2.49. The van der Waals surface area contributed by atoms with Crippen LogP contribution in [0.15, 0.2) is 53.0 Å². The van der Waals surface area contributed by atoms with Crippen LogP contribution in [0, 0.1) is 0 Å². The number of para-hydroxylation sites is 1. The van der Waals surface area contributed by atoms with Crippen molar-refractivity contribution in [3.8, 4) is 11.6 Å². The molecule has 0 spiro atoms. The van der Waals surface area contributed by atoms with Crippen molar-refractivity contribution < 1.29 is 4.74 Å². The van der Waals surface area contributed by atoms with Gasteiger partial charge in [0.2, 0.25) is 5.88 Å². The normalized spacial score (nSPS) is 10.8. The first-order valence-corrected chi connectivity index (χ1v) is 7.56. The number of hydrogen-bond acceptors (Lipinski definition) is 3. The second-order valence-electron chi connectivity index (χ2n) is 4.53. The van der Waals surface area contributed by atoms with Gasteiger partial charge in [0.25, 0.3) is 0 Å². The summed E-state index contributed by atoms with van der Waals surface area (Å²) in [6.45, 7) is 0.349. The highest BCUT2D eigenvalue weighted by molar-refractivity contribution is 9.10. The first-order valence-electron chi connectivity index (χ1n) is 6.39. The van der Waals surface area contributed by atoms with Gasteiger partial charge in [-0.3, -0.25) is 0 Å². The van der Waals surface area contributed by atoms with Crippen LogP contribution in [0.1, 0.15) is 5.56 Å². The molecule has 0 aliphatic carbocycles. The van der Waals surface area contributed by atoms with Crippen molar-refractivity contribution in [2.75, 3.05) is 0 Å². The molecule has 5 heteroatoms. The molecule has 0 fully saturated rings. The number of ether oxygens (including phenoxy) is 1. The van der Waals surface area contributed by atoms with Gasteiger partial charge in [0.1, 0.15) is 5.75 Å². The lowest BCUT2D eigenvalue weighted by Crippen LogP contribution is -2.02. The molecule has 106 valence electrons. The van der Waals surface area contributed by atoms with Crippen LogP contribution < -0.4 is 10.5 Å². The van der Waals surface area contributed by atoms with E-state index in [2.05, 4.69) is 20.9 Å². The summed E-state index contributed by atoms with van der Waals surface area (Å²) in [7, 11) is 0. The molecule has 3 rings (SSSR count). The van der Waals surface area contributed by atoms with Crippen LogP contribution in [0.3, 0.4) is 0 Å². The minimum absolute atomic E-state index is 0.349. The lowest BCUT2D eigenvalue weighted by Gasteiger charge is -2.11. The minimum Gasteiger partial charge on any atom is -0.437 e. The number of aromatic nitrogens is 1. The lowest BCUT2D eigenvalue weighted by atomic mass is 10.1. The zero-order valence-electron chi connectivity index (χ0n) is 11.0. The van der Waals surface area contributed by atoms with Crippen LogP contribution >= 0.6 is 27.5 Å². The summed E-state index contributed by atoms with van der Waals surface area (Å²) in [6, 6.07) is 15.3. The molecule has 0 amide bonds. The van der Waals surface area contributed by atoms with E-state index in [1.807, 2.05) is 36.4 Å². The van der Waals surface area contributed by atoms with Gasteiger partial charge in [-0.2, -0.15) is 0 Å². The molecule has 2 N–H and O–H groups in total. The van der Waals surface area contributed by atoms with Crippen molar-refractivity contribution in [3.05, 3.63) is 63.6 Å². The Morgan fingerprint density at radius 2 is 1.95 bits per heavy atom. The van der Waals surface area contributed by atoms with Crippen molar-refractivity contribution in [1.29, 1.82) is 0 Å². The van der Waals surface area contributed by atoms with E-state index in [4.69, 9.17) is 22.1 Å². The summed E-state index contributed by atoms with van der Waals surface area (Å²) < 4.78 is 6.74.